The number of rotatable bonds is 8. The summed E-state index contributed by atoms with van der Waals surface area (Å²) in [7, 11) is 0. The lowest BCUT2D eigenvalue weighted by Crippen LogP contribution is -2.53. The van der Waals surface area contributed by atoms with Crippen molar-refractivity contribution < 1.29 is 0 Å². The Kier molecular flexibility index (Phi) is 8.25. The molecule has 1 N–H and O–H groups in total. The van der Waals surface area contributed by atoms with E-state index in [2.05, 4.69) is 58.6 Å². The maximum atomic E-state index is 4.85. The Morgan fingerprint density at radius 3 is 2.60 bits per heavy atom. The Balaban J connectivity index is 1.73. The van der Waals surface area contributed by atoms with Gasteiger partial charge >= 0.3 is 0 Å². The third-order valence-corrected chi connectivity index (χ3v) is 4.62. The smallest absolute Gasteiger partial charge is 0.194 e. The summed E-state index contributed by atoms with van der Waals surface area (Å²) >= 11 is 0. The van der Waals surface area contributed by atoms with Gasteiger partial charge in [-0.2, -0.15) is 0 Å². The van der Waals surface area contributed by atoms with Gasteiger partial charge in [-0.1, -0.05) is 13.8 Å². The van der Waals surface area contributed by atoms with Crippen molar-refractivity contribution in [3.05, 3.63) is 18.2 Å². The first-order chi connectivity index (χ1) is 12.1. The molecular formula is C19H36N6. The number of hydrogen-bond acceptors (Lipinski definition) is 3. The van der Waals surface area contributed by atoms with Crippen molar-refractivity contribution in [1.29, 1.82) is 0 Å². The second-order valence-corrected chi connectivity index (χ2v) is 7.29. The molecule has 1 aromatic rings. The van der Waals surface area contributed by atoms with Crippen LogP contribution in [0.2, 0.25) is 0 Å². The van der Waals surface area contributed by atoms with Crippen LogP contribution in [0, 0.1) is 12.8 Å². The van der Waals surface area contributed by atoms with Crippen molar-refractivity contribution >= 4 is 5.96 Å². The van der Waals surface area contributed by atoms with Crippen LogP contribution in [-0.4, -0.2) is 71.1 Å². The summed E-state index contributed by atoms with van der Waals surface area (Å²) in [5, 5.41) is 3.46. The van der Waals surface area contributed by atoms with E-state index in [1.807, 2.05) is 6.20 Å². The first kappa shape index (κ1) is 19.8. The fraction of sp³-hybridized carbons (Fsp3) is 0.789. The van der Waals surface area contributed by atoms with Gasteiger partial charge in [0.15, 0.2) is 5.96 Å². The van der Waals surface area contributed by atoms with Crippen LogP contribution in [0.3, 0.4) is 0 Å². The highest BCUT2D eigenvalue weighted by Crippen LogP contribution is 2.06. The Labute approximate surface area is 153 Å². The Bertz CT molecular complexity index is 514. The van der Waals surface area contributed by atoms with E-state index in [9.17, 15) is 0 Å². The van der Waals surface area contributed by atoms with Crippen LogP contribution < -0.4 is 5.32 Å². The summed E-state index contributed by atoms with van der Waals surface area (Å²) < 4.78 is 2.21. The number of aryl methyl sites for hydroxylation is 2. The molecule has 2 rings (SSSR count). The second kappa shape index (κ2) is 10.4. The quantitative estimate of drug-likeness (QED) is 0.445. The zero-order valence-corrected chi connectivity index (χ0v) is 16.5. The van der Waals surface area contributed by atoms with E-state index in [-0.39, 0.29) is 0 Å². The number of imidazole rings is 1. The molecule has 0 saturated carbocycles. The summed E-state index contributed by atoms with van der Waals surface area (Å²) in [5.74, 6) is 2.93. The molecule has 0 bridgehead atoms. The molecule has 1 aliphatic rings. The molecular weight excluding hydrogens is 312 g/mol. The number of guanidine groups is 1. The van der Waals surface area contributed by atoms with Crippen molar-refractivity contribution in [3.63, 3.8) is 0 Å². The van der Waals surface area contributed by atoms with Crippen LogP contribution in [0.1, 0.15) is 39.4 Å². The van der Waals surface area contributed by atoms with E-state index in [4.69, 9.17) is 4.99 Å². The predicted octanol–water partition coefficient (Wildman–Crippen LogP) is 2.21. The average molecular weight is 349 g/mol. The lowest BCUT2D eigenvalue weighted by atomic mass is 10.2. The Morgan fingerprint density at radius 2 is 2.00 bits per heavy atom. The topological polar surface area (TPSA) is 48.7 Å². The maximum absolute atomic E-state index is 4.85. The molecule has 1 aromatic heterocycles. The molecule has 0 unspecified atom stereocenters. The third kappa shape index (κ3) is 6.69. The van der Waals surface area contributed by atoms with E-state index < -0.39 is 0 Å². The molecule has 25 heavy (non-hydrogen) atoms. The van der Waals surface area contributed by atoms with E-state index in [1.165, 1.54) is 6.54 Å². The molecule has 0 amide bonds. The van der Waals surface area contributed by atoms with Gasteiger partial charge in [0.25, 0.3) is 0 Å². The molecule has 1 saturated heterocycles. The van der Waals surface area contributed by atoms with Crippen LogP contribution in [0.4, 0.5) is 0 Å². The van der Waals surface area contributed by atoms with Crippen molar-refractivity contribution in [2.75, 3.05) is 45.8 Å². The minimum atomic E-state index is 0.743. The number of nitrogens with one attached hydrogen (secondary N) is 1. The van der Waals surface area contributed by atoms with Crippen molar-refractivity contribution in [2.24, 2.45) is 10.9 Å². The fourth-order valence-electron chi connectivity index (χ4n) is 3.30. The monoisotopic (exact) mass is 348 g/mol. The number of aromatic nitrogens is 2. The molecule has 0 aliphatic carbocycles. The summed E-state index contributed by atoms with van der Waals surface area (Å²) in [6, 6.07) is 0. The number of unbranched alkanes of at least 4 members (excludes halogenated alkanes) is 1. The molecule has 1 fully saturated rings. The van der Waals surface area contributed by atoms with Gasteiger partial charge in [0, 0.05) is 64.8 Å². The minimum absolute atomic E-state index is 0.743. The SMILES string of the molecule is CCNC(=NCCCCn1ccnc1C)N1CCN(CC(C)C)CC1. The summed E-state index contributed by atoms with van der Waals surface area (Å²) in [6.45, 7) is 17.3. The average Bonchev–Trinajstić information content (AvgIpc) is 2.99. The number of hydrogen-bond donors (Lipinski definition) is 1. The minimum Gasteiger partial charge on any atom is -0.357 e. The van der Waals surface area contributed by atoms with Gasteiger partial charge in [-0.25, -0.2) is 4.98 Å². The largest absolute Gasteiger partial charge is 0.357 e. The first-order valence-corrected chi connectivity index (χ1v) is 9.83. The van der Waals surface area contributed by atoms with Gasteiger partial charge in [-0.05, 0) is 32.6 Å². The van der Waals surface area contributed by atoms with E-state index in [0.717, 1.165) is 76.4 Å². The number of aliphatic imine (C=N–C) groups is 1. The molecule has 1 aliphatic heterocycles. The molecule has 0 radical (unpaired) electrons. The summed E-state index contributed by atoms with van der Waals surface area (Å²) in [4.78, 5) is 14.1. The molecule has 0 atom stereocenters. The second-order valence-electron chi connectivity index (χ2n) is 7.29. The highest BCUT2D eigenvalue weighted by molar-refractivity contribution is 5.80. The van der Waals surface area contributed by atoms with Gasteiger partial charge in [-0.15, -0.1) is 0 Å². The zero-order chi connectivity index (χ0) is 18.1. The van der Waals surface area contributed by atoms with Crippen molar-refractivity contribution in [2.45, 2.75) is 47.1 Å². The zero-order valence-electron chi connectivity index (χ0n) is 16.5. The van der Waals surface area contributed by atoms with Gasteiger partial charge < -0.3 is 14.8 Å². The molecule has 2 heterocycles. The van der Waals surface area contributed by atoms with Crippen LogP contribution in [0.25, 0.3) is 0 Å². The molecule has 0 aromatic carbocycles. The lowest BCUT2D eigenvalue weighted by Gasteiger charge is -2.37. The van der Waals surface area contributed by atoms with Gasteiger partial charge in [0.2, 0.25) is 0 Å². The molecule has 6 heteroatoms. The van der Waals surface area contributed by atoms with Crippen molar-refractivity contribution in [1.82, 2.24) is 24.7 Å². The van der Waals surface area contributed by atoms with Crippen LogP contribution in [-0.2, 0) is 6.54 Å². The van der Waals surface area contributed by atoms with E-state index >= 15 is 0 Å². The first-order valence-electron chi connectivity index (χ1n) is 9.83. The van der Waals surface area contributed by atoms with Gasteiger partial charge in [-0.3, -0.25) is 9.89 Å². The highest BCUT2D eigenvalue weighted by Gasteiger charge is 2.19. The fourth-order valence-corrected chi connectivity index (χ4v) is 3.30. The predicted molar refractivity (Wildman–Crippen MR) is 105 cm³/mol. The highest BCUT2D eigenvalue weighted by atomic mass is 15.3. The summed E-state index contributed by atoms with van der Waals surface area (Å²) in [5.41, 5.74) is 0. The van der Waals surface area contributed by atoms with Crippen LogP contribution in [0.5, 0.6) is 0 Å². The van der Waals surface area contributed by atoms with Gasteiger partial charge in [0.05, 0.1) is 0 Å². The normalized spacial score (nSPS) is 16.7. The molecule has 6 nitrogen and oxygen atoms in total. The lowest BCUT2D eigenvalue weighted by molar-refractivity contribution is 0.164. The number of piperazine rings is 1. The third-order valence-electron chi connectivity index (χ3n) is 4.62. The van der Waals surface area contributed by atoms with Crippen LogP contribution in [0.15, 0.2) is 17.4 Å². The van der Waals surface area contributed by atoms with E-state index in [0.29, 0.717) is 0 Å². The Morgan fingerprint density at radius 1 is 1.24 bits per heavy atom. The van der Waals surface area contributed by atoms with Crippen LogP contribution >= 0.6 is 0 Å². The van der Waals surface area contributed by atoms with E-state index in [1.54, 1.807) is 0 Å². The van der Waals surface area contributed by atoms with Crippen molar-refractivity contribution in [3.8, 4) is 0 Å². The summed E-state index contributed by atoms with van der Waals surface area (Å²) in [6.07, 6.45) is 6.18. The van der Waals surface area contributed by atoms with Gasteiger partial charge in [0.1, 0.15) is 5.82 Å². The number of nitrogens with zero attached hydrogens (tertiary/aromatic N) is 5. The standard InChI is InChI=1S/C19H36N6/c1-5-20-19(25-14-12-23(13-15-25)16-17(2)3)22-8-6-7-10-24-11-9-21-18(24)4/h9,11,17H,5-8,10,12-16H2,1-4H3,(H,20,22). The maximum Gasteiger partial charge on any atom is 0.194 e. The Hall–Kier alpha value is -1.56. The molecule has 0 spiro atoms. The molecule has 142 valence electrons.